The first-order chi connectivity index (χ1) is 21.5. The smallest absolute Gasteiger partial charge is 0.361 e. The minimum absolute atomic E-state index is 0.170. The number of hydrogen-bond acceptors (Lipinski definition) is 11. The number of carboxylic acid groups (broad SMARTS) is 2. The van der Waals surface area contributed by atoms with Gasteiger partial charge in [-0.1, -0.05) is 5.21 Å². The summed E-state index contributed by atoms with van der Waals surface area (Å²) in [6.45, 7) is 4.25. The van der Waals surface area contributed by atoms with Gasteiger partial charge in [0, 0.05) is 31.5 Å². The highest BCUT2D eigenvalue weighted by atomic mass is 19.3. The van der Waals surface area contributed by atoms with E-state index in [1.165, 1.54) is 18.3 Å². The van der Waals surface area contributed by atoms with E-state index in [-0.39, 0.29) is 29.4 Å². The Labute approximate surface area is 259 Å². The molecule has 1 saturated carbocycles. The summed E-state index contributed by atoms with van der Waals surface area (Å²) in [5.74, 6) is -7.95. The molecule has 15 nitrogen and oxygen atoms in total. The number of ether oxygens (including phenoxy) is 2. The first-order valence-corrected chi connectivity index (χ1v) is 13.8. The number of hydrogen-bond donors (Lipinski definition) is 3. The first kappa shape index (κ1) is 33.7. The molecule has 46 heavy (non-hydrogen) atoms. The topological polar surface area (TPSA) is 209 Å². The summed E-state index contributed by atoms with van der Waals surface area (Å²) in [6.07, 6.45) is -2.53. The molecule has 1 fully saturated rings. The van der Waals surface area contributed by atoms with Crippen LogP contribution in [0.1, 0.15) is 61.9 Å². The number of nitrogens with one attached hydrogen (secondary N) is 1. The van der Waals surface area contributed by atoms with E-state index in [1.807, 2.05) is 0 Å². The van der Waals surface area contributed by atoms with Gasteiger partial charge in [-0.3, -0.25) is 19.4 Å². The van der Waals surface area contributed by atoms with Crippen molar-refractivity contribution in [3.05, 3.63) is 53.7 Å². The van der Waals surface area contributed by atoms with Crippen molar-refractivity contribution in [2.45, 2.75) is 82.2 Å². The van der Waals surface area contributed by atoms with E-state index >= 15 is 4.39 Å². The van der Waals surface area contributed by atoms with Gasteiger partial charge in [-0.2, -0.15) is 5.10 Å². The Balaban J connectivity index is 1.40. The van der Waals surface area contributed by atoms with Crippen molar-refractivity contribution in [1.29, 1.82) is 0 Å². The summed E-state index contributed by atoms with van der Waals surface area (Å²) < 4.78 is 52.9. The molecular formula is C28H30F3N7O8. The molecule has 1 unspecified atom stereocenters. The average molecular weight is 650 g/mol. The summed E-state index contributed by atoms with van der Waals surface area (Å²) in [4.78, 5) is 53.3. The van der Waals surface area contributed by atoms with Crippen LogP contribution >= 0.6 is 0 Å². The number of aromatic nitrogens is 6. The zero-order chi connectivity index (χ0) is 33.9. The number of halogens is 3. The molecule has 0 aromatic carbocycles. The number of aliphatic carboxylic acids is 2. The summed E-state index contributed by atoms with van der Waals surface area (Å²) in [6, 6.07) is 4.97. The number of alkyl halides is 3. The number of carboxylic acids is 2. The molecule has 3 aromatic rings. The Morgan fingerprint density at radius 2 is 1.78 bits per heavy atom. The van der Waals surface area contributed by atoms with Gasteiger partial charge in [0.15, 0.2) is 11.5 Å². The van der Waals surface area contributed by atoms with Crippen LogP contribution < -0.4 is 10.1 Å². The highest BCUT2D eigenvalue weighted by Crippen LogP contribution is 2.39. The van der Waals surface area contributed by atoms with Gasteiger partial charge in [-0.15, -0.1) is 10.2 Å². The number of carbonyl (C=O) groups excluding carboxylic acids is 2. The highest BCUT2D eigenvalue weighted by Gasteiger charge is 2.52. The second kappa shape index (κ2) is 13.1. The lowest BCUT2D eigenvalue weighted by Gasteiger charge is -2.34. The first-order valence-electron chi connectivity index (χ1n) is 13.8. The van der Waals surface area contributed by atoms with Gasteiger partial charge in [0.25, 0.3) is 5.92 Å². The number of anilines is 1. The van der Waals surface area contributed by atoms with E-state index in [2.05, 4.69) is 30.8 Å². The highest BCUT2D eigenvalue weighted by molar-refractivity contribution is 6.04. The zero-order valence-electron chi connectivity index (χ0n) is 24.8. The molecule has 3 heterocycles. The van der Waals surface area contributed by atoms with Crippen LogP contribution in [-0.2, 0) is 37.5 Å². The van der Waals surface area contributed by atoms with Gasteiger partial charge >= 0.3 is 17.9 Å². The number of amides is 1. The van der Waals surface area contributed by atoms with Gasteiger partial charge in [0.1, 0.15) is 23.6 Å². The molecule has 0 bridgehead atoms. The lowest BCUT2D eigenvalue weighted by atomic mass is 9.79. The SMILES string of the molecule is CC(C)(C)OC(=O)c1cn(CC(F)CC(C(=O)O)(C(=O)O)c2ccc(NC(=O)Cc3cc(OC4CC(F)(F)C4)ccn3)nn2)nn1. The lowest BCUT2D eigenvalue weighted by Crippen LogP contribution is -2.47. The Morgan fingerprint density at radius 1 is 1.09 bits per heavy atom. The second-order valence-electron chi connectivity index (χ2n) is 11.7. The van der Waals surface area contributed by atoms with E-state index in [1.54, 1.807) is 20.8 Å². The molecule has 4 rings (SSSR count). The van der Waals surface area contributed by atoms with Gasteiger partial charge < -0.3 is 25.0 Å². The van der Waals surface area contributed by atoms with Crippen LogP contribution in [0, 0.1) is 0 Å². The maximum absolute atomic E-state index is 15.2. The lowest BCUT2D eigenvalue weighted by molar-refractivity contribution is -0.159. The second-order valence-corrected chi connectivity index (χ2v) is 11.7. The monoisotopic (exact) mass is 649 g/mol. The normalized spacial score (nSPS) is 15.3. The fourth-order valence-electron chi connectivity index (χ4n) is 4.49. The van der Waals surface area contributed by atoms with Crippen molar-refractivity contribution >= 4 is 29.6 Å². The minimum atomic E-state index is -2.88. The van der Waals surface area contributed by atoms with Crippen molar-refractivity contribution in [1.82, 2.24) is 30.2 Å². The van der Waals surface area contributed by atoms with E-state index in [9.17, 15) is 38.2 Å². The fourth-order valence-corrected chi connectivity index (χ4v) is 4.49. The third-order valence-electron chi connectivity index (χ3n) is 6.64. The predicted molar refractivity (Wildman–Crippen MR) is 149 cm³/mol. The van der Waals surface area contributed by atoms with Crippen LogP contribution in [0.4, 0.5) is 19.0 Å². The molecule has 18 heteroatoms. The van der Waals surface area contributed by atoms with Gasteiger partial charge in [-0.05, 0) is 39.0 Å². The van der Waals surface area contributed by atoms with E-state index in [4.69, 9.17) is 9.47 Å². The van der Waals surface area contributed by atoms with E-state index in [0.717, 1.165) is 23.0 Å². The number of pyridine rings is 1. The number of esters is 1. The molecule has 246 valence electrons. The van der Waals surface area contributed by atoms with Crippen molar-refractivity contribution in [3.63, 3.8) is 0 Å². The molecule has 1 atom stereocenters. The average Bonchev–Trinajstić information content (AvgIpc) is 3.39. The molecule has 1 aliphatic rings. The fraction of sp³-hybridized carbons (Fsp3) is 0.464. The van der Waals surface area contributed by atoms with Crippen molar-refractivity contribution in [2.75, 3.05) is 5.32 Å². The molecular weight excluding hydrogens is 619 g/mol. The van der Waals surface area contributed by atoms with Gasteiger partial charge in [0.05, 0.1) is 30.6 Å². The summed E-state index contributed by atoms with van der Waals surface area (Å²) in [5, 5.41) is 36.8. The molecule has 1 aliphatic carbocycles. The van der Waals surface area contributed by atoms with Crippen molar-refractivity contribution in [2.24, 2.45) is 0 Å². The van der Waals surface area contributed by atoms with Crippen LogP contribution in [-0.4, -0.2) is 88.0 Å². The Bertz CT molecular complexity index is 1590. The number of carbonyl (C=O) groups is 4. The van der Waals surface area contributed by atoms with Gasteiger partial charge in [-0.25, -0.2) is 22.6 Å². The van der Waals surface area contributed by atoms with Crippen molar-refractivity contribution in [3.8, 4) is 5.75 Å². The Kier molecular flexibility index (Phi) is 9.57. The van der Waals surface area contributed by atoms with Crippen LogP contribution in [0.25, 0.3) is 0 Å². The summed E-state index contributed by atoms with van der Waals surface area (Å²) >= 11 is 0. The molecule has 0 spiro atoms. The van der Waals surface area contributed by atoms with Crippen LogP contribution in [0.3, 0.4) is 0 Å². The maximum Gasteiger partial charge on any atom is 0.361 e. The van der Waals surface area contributed by atoms with Gasteiger partial charge in [0.2, 0.25) is 11.3 Å². The number of rotatable bonds is 13. The Morgan fingerprint density at radius 3 is 2.37 bits per heavy atom. The predicted octanol–water partition coefficient (Wildman–Crippen LogP) is 2.61. The number of nitrogens with zero attached hydrogens (tertiary/aromatic N) is 6. The summed E-state index contributed by atoms with van der Waals surface area (Å²) in [5.41, 5.74) is -4.30. The molecule has 3 aromatic heterocycles. The van der Waals surface area contributed by atoms with Crippen LogP contribution in [0.2, 0.25) is 0 Å². The summed E-state index contributed by atoms with van der Waals surface area (Å²) in [7, 11) is 0. The third kappa shape index (κ3) is 8.30. The van der Waals surface area contributed by atoms with Crippen LogP contribution in [0.5, 0.6) is 5.75 Å². The third-order valence-corrected chi connectivity index (χ3v) is 6.64. The zero-order valence-corrected chi connectivity index (χ0v) is 24.8. The standard InChI is InChI=1S/C28H30F3N7O8/c1-26(2,3)46-23(40)19-14-38(37-34-19)13-15(29)10-28(24(41)42,25(43)44)20-4-5-21(36-35-20)33-22(39)9-16-8-17(6-7-32-16)45-18-11-27(30,31)12-18/h4-8,14-15,18H,9-13H2,1-3H3,(H,41,42)(H,43,44)(H,33,36,39). The van der Waals surface area contributed by atoms with E-state index in [0.29, 0.717) is 0 Å². The Hall–Kier alpha value is -5.16. The maximum atomic E-state index is 15.2. The molecule has 1 amide bonds. The minimum Gasteiger partial charge on any atom is -0.490 e. The van der Waals surface area contributed by atoms with Crippen molar-refractivity contribution < 1.29 is 52.0 Å². The molecule has 3 N–H and O–H groups in total. The quantitative estimate of drug-likeness (QED) is 0.180. The molecule has 0 radical (unpaired) electrons. The molecule has 0 aliphatic heterocycles. The molecule has 0 saturated heterocycles. The largest absolute Gasteiger partial charge is 0.490 e. The van der Waals surface area contributed by atoms with E-state index < -0.39 is 84.5 Å². The van der Waals surface area contributed by atoms with Crippen LogP contribution in [0.15, 0.2) is 36.7 Å².